The fraction of sp³-hybridized carbons (Fsp3) is 0.600. The summed E-state index contributed by atoms with van der Waals surface area (Å²) in [6.45, 7) is 8.08. The van der Waals surface area contributed by atoms with Gasteiger partial charge in [0.1, 0.15) is 5.75 Å². The summed E-state index contributed by atoms with van der Waals surface area (Å²) in [7, 11) is 3.79. The highest BCUT2D eigenvalue weighted by atomic mass is 16.5. The maximum absolute atomic E-state index is 9.64. The molecule has 3 heteroatoms. The van der Waals surface area contributed by atoms with Gasteiger partial charge < -0.3 is 14.7 Å². The summed E-state index contributed by atoms with van der Waals surface area (Å²) in [5, 5.41) is 9.64. The minimum absolute atomic E-state index is 0.440. The molecule has 0 aliphatic carbocycles. The maximum atomic E-state index is 9.64. The zero-order chi connectivity index (χ0) is 13.7. The molecular formula is C15H25NO2. The molecule has 1 aromatic rings. The van der Waals surface area contributed by atoms with E-state index in [9.17, 15) is 5.11 Å². The van der Waals surface area contributed by atoms with Gasteiger partial charge in [-0.15, -0.1) is 0 Å². The van der Waals surface area contributed by atoms with Crippen molar-refractivity contribution in [1.29, 1.82) is 0 Å². The van der Waals surface area contributed by atoms with Crippen molar-refractivity contribution in [2.45, 2.75) is 33.4 Å². The van der Waals surface area contributed by atoms with Gasteiger partial charge in [-0.1, -0.05) is 19.9 Å². The van der Waals surface area contributed by atoms with Crippen molar-refractivity contribution < 1.29 is 9.84 Å². The molecule has 1 atom stereocenters. The zero-order valence-corrected chi connectivity index (χ0v) is 12.1. The molecule has 0 bridgehead atoms. The molecule has 0 saturated carbocycles. The van der Waals surface area contributed by atoms with Crippen LogP contribution in [0, 0.1) is 5.92 Å². The molecule has 0 heterocycles. The zero-order valence-electron chi connectivity index (χ0n) is 12.1. The molecule has 3 nitrogen and oxygen atoms in total. The molecule has 102 valence electrons. The molecule has 0 spiro atoms. The van der Waals surface area contributed by atoms with Crippen molar-refractivity contribution in [2.75, 3.05) is 20.7 Å². The van der Waals surface area contributed by atoms with Crippen LogP contribution in [0.5, 0.6) is 5.75 Å². The second kappa shape index (κ2) is 6.76. The summed E-state index contributed by atoms with van der Waals surface area (Å²) in [4.78, 5) is 2.27. The number of benzene rings is 1. The van der Waals surface area contributed by atoms with E-state index >= 15 is 0 Å². The fourth-order valence-electron chi connectivity index (χ4n) is 2.16. The van der Waals surface area contributed by atoms with E-state index in [4.69, 9.17) is 4.74 Å². The number of ether oxygens (including phenoxy) is 1. The van der Waals surface area contributed by atoms with Crippen LogP contribution in [0.2, 0.25) is 0 Å². The Bertz CT molecular complexity index is 375. The quantitative estimate of drug-likeness (QED) is 0.844. The Labute approximate surface area is 110 Å². The maximum Gasteiger partial charge on any atom is 0.123 e. The van der Waals surface area contributed by atoms with E-state index in [-0.39, 0.29) is 0 Å². The SMILES string of the molecule is COc1ccc(C(C)O)cc1CN(C)CC(C)C. The molecule has 0 saturated heterocycles. The average molecular weight is 251 g/mol. The largest absolute Gasteiger partial charge is 0.496 e. The van der Waals surface area contributed by atoms with Crippen LogP contribution in [0.1, 0.15) is 38.0 Å². The van der Waals surface area contributed by atoms with Crippen LogP contribution < -0.4 is 4.74 Å². The van der Waals surface area contributed by atoms with E-state index in [1.807, 2.05) is 18.2 Å². The topological polar surface area (TPSA) is 32.7 Å². The van der Waals surface area contributed by atoms with Crippen molar-refractivity contribution in [3.63, 3.8) is 0 Å². The smallest absolute Gasteiger partial charge is 0.123 e. The first-order valence-electron chi connectivity index (χ1n) is 6.47. The van der Waals surface area contributed by atoms with Gasteiger partial charge in [-0.3, -0.25) is 0 Å². The lowest BCUT2D eigenvalue weighted by Gasteiger charge is -2.21. The van der Waals surface area contributed by atoms with Crippen LogP contribution in [-0.2, 0) is 6.54 Å². The minimum Gasteiger partial charge on any atom is -0.496 e. The van der Waals surface area contributed by atoms with Crippen molar-refractivity contribution >= 4 is 0 Å². The highest BCUT2D eigenvalue weighted by Gasteiger charge is 2.10. The summed E-state index contributed by atoms with van der Waals surface area (Å²) in [6, 6.07) is 5.87. The van der Waals surface area contributed by atoms with Gasteiger partial charge in [-0.05, 0) is 37.6 Å². The first-order valence-corrected chi connectivity index (χ1v) is 6.47. The van der Waals surface area contributed by atoms with E-state index in [2.05, 4.69) is 25.8 Å². The number of hydrogen-bond acceptors (Lipinski definition) is 3. The summed E-state index contributed by atoms with van der Waals surface area (Å²) in [6.07, 6.45) is -0.440. The second-order valence-corrected chi connectivity index (χ2v) is 5.34. The first-order chi connectivity index (χ1) is 8.43. The van der Waals surface area contributed by atoms with Gasteiger partial charge in [0.05, 0.1) is 13.2 Å². The van der Waals surface area contributed by atoms with Gasteiger partial charge >= 0.3 is 0 Å². The summed E-state index contributed by atoms with van der Waals surface area (Å²) in [5.74, 6) is 1.52. The Kier molecular flexibility index (Phi) is 5.63. The monoisotopic (exact) mass is 251 g/mol. The van der Waals surface area contributed by atoms with Gasteiger partial charge in [-0.2, -0.15) is 0 Å². The molecule has 0 aliphatic rings. The molecule has 1 unspecified atom stereocenters. The van der Waals surface area contributed by atoms with Gasteiger partial charge in [0.15, 0.2) is 0 Å². The van der Waals surface area contributed by atoms with Crippen LogP contribution >= 0.6 is 0 Å². The van der Waals surface area contributed by atoms with Crippen molar-refractivity contribution in [3.05, 3.63) is 29.3 Å². The lowest BCUT2D eigenvalue weighted by molar-refractivity contribution is 0.198. The van der Waals surface area contributed by atoms with Crippen molar-refractivity contribution in [2.24, 2.45) is 5.92 Å². The molecule has 0 aromatic heterocycles. The molecule has 0 fully saturated rings. The molecule has 1 aromatic carbocycles. The third kappa shape index (κ3) is 4.31. The van der Waals surface area contributed by atoms with E-state index in [0.717, 1.165) is 30.0 Å². The van der Waals surface area contributed by atoms with Gasteiger partial charge in [0.2, 0.25) is 0 Å². The molecule has 1 rings (SSSR count). The normalized spacial score (nSPS) is 13.1. The van der Waals surface area contributed by atoms with E-state index in [0.29, 0.717) is 5.92 Å². The summed E-state index contributed by atoms with van der Waals surface area (Å²) >= 11 is 0. The summed E-state index contributed by atoms with van der Waals surface area (Å²) < 4.78 is 5.38. The van der Waals surface area contributed by atoms with Crippen molar-refractivity contribution in [1.82, 2.24) is 4.90 Å². The molecule has 0 amide bonds. The Morgan fingerprint density at radius 1 is 1.28 bits per heavy atom. The molecule has 18 heavy (non-hydrogen) atoms. The molecular weight excluding hydrogens is 226 g/mol. The van der Waals surface area contributed by atoms with Crippen molar-refractivity contribution in [3.8, 4) is 5.75 Å². The van der Waals surface area contributed by atoms with E-state index < -0.39 is 6.10 Å². The highest BCUT2D eigenvalue weighted by molar-refractivity contribution is 5.38. The first kappa shape index (κ1) is 15.0. The lowest BCUT2D eigenvalue weighted by Crippen LogP contribution is -2.23. The predicted octanol–water partition coefficient (Wildman–Crippen LogP) is 2.84. The van der Waals surface area contributed by atoms with Crippen LogP contribution in [0.15, 0.2) is 18.2 Å². The molecule has 1 N–H and O–H groups in total. The third-order valence-electron chi connectivity index (χ3n) is 2.90. The highest BCUT2D eigenvalue weighted by Crippen LogP contribution is 2.24. The minimum atomic E-state index is -0.440. The van der Waals surface area contributed by atoms with E-state index in [1.165, 1.54) is 0 Å². The number of rotatable bonds is 6. The standard InChI is InChI=1S/C15H25NO2/c1-11(2)9-16(4)10-14-8-13(12(3)17)6-7-15(14)18-5/h6-8,11-12,17H,9-10H2,1-5H3. The Hall–Kier alpha value is -1.06. The van der Waals surface area contributed by atoms with Crippen LogP contribution in [0.25, 0.3) is 0 Å². The lowest BCUT2D eigenvalue weighted by atomic mass is 10.1. The van der Waals surface area contributed by atoms with Crippen LogP contribution in [0.3, 0.4) is 0 Å². The number of aliphatic hydroxyl groups is 1. The summed E-state index contributed by atoms with van der Waals surface area (Å²) in [5.41, 5.74) is 2.06. The fourth-order valence-corrected chi connectivity index (χ4v) is 2.16. The number of nitrogens with zero attached hydrogens (tertiary/aromatic N) is 1. The second-order valence-electron chi connectivity index (χ2n) is 5.34. The van der Waals surface area contributed by atoms with Gasteiger partial charge in [-0.25, -0.2) is 0 Å². The predicted molar refractivity (Wildman–Crippen MR) is 74.8 cm³/mol. The average Bonchev–Trinajstić information content (AvgIpc) is 2.27. The Morgan fingerprint density at radius 3 is 2.44 bits per heavy atom. The number of aliphatic hydroxyl groups excluding tert-OH is 1. The molecule has 0 radical (unpaired) electrons. The number of methoxy groups -OCH3 is 1. The molecule has 0 aliphatic heterocycles. The Balaban J connectivity index is 2.87. The number of hydrogen-bond donors (Lipinski definition) is 1. The third-order valence-corrected chi connectivity index (χ3v) is 2.90. The van der Waals surface area contributed by atoms with Gasteiger partial charge in [0, 0.05) is 18.7 Å². The van der Waals surface area contributed by atoms with Crippen LogP contribution in [-0.4, -0.2) is 30.7 Å². The van der Waals surface area contributed by atoms with Gasteiger partial charge in [0.25, 0.3) is 0 Å². The Morgan fingerprint density at radius 2 is 1.94 bits per heavy atom. The van der Waals surface area contributed by atoms with Crippen LogP contribution in [0.4, 0.5) is 0 Å². The van der Waals surface area contributed by atoms with E-state index in [1.54, 1.807) is 14.0 Å².